The molecule has 3 aromatic rings. The minimum absolute atomic E-state index is 0.0300. The van der Waals surface area contributed by atoms with Crippen molar-refractivity contribution in [1.29, 1.82) is 0 Å². The van der Waals surface area contributed by atoms with Crippen molar-refractivity contribution in [2.24, 2.45) is 0 Å². The molecule has 4 rings (SSSR count). The van der Waals surface area contributed by atoms with Crippen LogP contribution in [0.5, 0.6) is 0 Å². The minimum atomic E-state index is -4.46. The Balaban J connectivity index is 1.47. The predicted molar refractivity (Wildman–Crippen MR) is 100 cm³/mol. The molecule has 3 heterocycles. The molecule has 0 saturated heterocycles. The average molecular weight is 401 g/mol. The fraction of sp³-hybridized carbons (Fsp3) is 0.250. The zero-order valence-electron chi connectivity index (χ0n) is 15.3. The molecule has 0 spiro atoms. The third-order valence-electron chi connectivity index (χ3n) is 4.86. The Morgan fingerprint density at radius 1 is 1.21 bits per heavy atom. The first-order valence-corrected chi connectivity index (χ1v) is 9.06. The van der Waals surface area contributed by atoms with Gasteiger partial charge in [0, 0.05) is 25.0 Å². The van der Waals surface area contributed by atoms with Crippen LogP contribution in [-0.2, 0) is 30.4 Å². The molecule has 0 bridgehead atoms. The van der Waals surface area contributed by atoms with E-state index in [1.807, 2.05) is 18.2 Å². The lowest BCUT2D eigenvalue weighted by atomic mass is 9.97. The maximum atomic E-state index is 12.7. The summed E-state index contributed by atoms with van der Waals surface area (Å²) in [5, 5.41) is 9.70. The molecule has 0 aliphatic carbocycles. The topological polar surface area (TPSA) is 73.9 Å². The Bertz CT molecular complexity index is 1000. The number of H-pyrrole nitrogens is 1. The average Bonchev–Trinajstić information content (AvgIpc) is 3.20. The number of pyridine rings is 1. The predicted octanol–water partition coefficient (Wildman–Crippen LogP) is 3.69. The molecule has 1 aliphatic heterocycles. The Labute approximate surface area is 164 Å². The second-order valence-corrected chi connectivity index (χ2v) is 6.85. The van der Waals surface area contributed by atoms with Crippen molar-refractivity contribution >= 4 is 17.3 Å². The summed E-state index contributed by atoms with van der Waals surface area (Å²) in [5.74, 6) is 0.0300. The van der Waals surface area contributed by atoms with Gasteiger partial charge in [-0.05, 0) is 41.3 Å². The number of halogens is 3. The van der Waals surface area contributed by atoms with Crippen molar-refractivity contribution in [3.05, 3.63) is 71.3 Å². The van der Waals surface area contributed by atoms with Gasteiger partial charge in [-0.3, -0.25) is 9.89 Å². The van der Waals surface area contributed by atoms with Crippen molar-refractivity contribution in [3.63, 3.8) is 0 Å². The minimum Gasteiger partial charge on any atom is -0.354 e. The van der Waals surface area contributed by atoms with Crippen LogP contribution < -0.4 is 5.32 Å². The molecule has 0 saturated carbocycles. The fourth-order valence-corrected chi connectivity index (χ4v) is 3.39. The summed E-state index contributed by atoms with van der Waals surface area (Å²) in [4.78, 5) is 17.8. The number of fused-ring (bicyclic) bond motifs is 1. The number of hydrogen-bond donors (Lipinski definition) is 2. The first-order valence-electron chi connectivity index (χ1n) is 9.06. The maximum Gasteiger partial charge on any atom is 0.433 e. The Hall–Kier alpha value is -3.36. The lowest BCUT2D eigenvalue weighted by Gasteiger charge is -2.30. The highest BCUT2D eigenvalue weighted by Gasteiger charge is 2.32. The number of aromatic amines is 1. The van der Waals surface area contributed by atoms with E-state index < -0.39 is 11.9 Å². The van der Waals surface area contributed by atoms with Gasteiger partial charge in [-0.25, -0.2) is 4.98 Å². The molecule has 1 aliphatic rings. The quantitative estimate of drug-likeness (QED) is 0.699. The smallest absolute Gasteiger partial charge is 0.354 e. The zero-order valence-corrected chi connectivity index (χ0v) is 15.3. The van der Waals surface area contributed by atoms with Gasteiger partial charge in [-0.15, -0.1) is 0 Å². The number of nitrogens with one attached hydrogen (secondary N) is 2. The lowest BCUT2D eigenvalue weighted by Crippen LogP contribution is -2.37. The van der Waals surface area contributed by atoms with E-state index in [0.29, 0.717) is 31.6 Å². The number of rotatable bonds is 4. The van der Waals surface area contributed by atoms with Crippen LogP contribution in [0.15, 0.2) is 48.9 Å². The van der Waals surface area contributed by atoms with Gasteiger partial charge in [0.25, 0.3) is 0 Å². The summed E-state index contributed by atoms with van der Waals surface area (Å²) in [6.45, 7) is 1.07. The van der Waals surface area contributed by atoms with Gasteiger partial charge in [-0.1, -0.05) is 12.1 Å². The van der Waals surface area contributed by atoms with E-state index in [9.17, 15) is 18.0 Å². The van der Waals surface area contributed by atoms with E-state index in [1.54, 1.807) is 17.3 Å². The van der Waals surface area contributed by atoms with Gasteiger partial charge in [0.1, 0.15) is 5.69 Å². The fourth-order valence-electron chi connectivity index (χ4n) is 3.39. The molecule has 150 valence electrons. The molecular formula is C20H18F3N5O. The number of anilines is 2. The van der Waals surface area contributed by atoms with Crippen LogP contribution >= 0.6 is 0 Å². The van der Waals surface area contributed by atoms with Crippen LogP contribution in [0, 0.1) is 0 Å². The van der Waals surface area contributed by atoms with Crippen molar-refractivity contribution < 1.29 is 18.0 Å². The maximum absolute atomic E-state index is 12.7. The highest BCUT2D eigenvalue weighted by atomic mass is 19.4. The summed E-state index contributed by atoms with van der Waals surface area (Å²) in [6.07, 6.45) is 0.999. The van der Waals surface area contributed by atoms with Crippen LogP contribution in [-0.4, -0.2) is 32.5 Å². The van der Waals surface area contributed by atoms with E-state index in [4.69, 9.17) is 0 Å². The Morgan fingerprint density at radius 3 is 2.76 bits per heavy atom. The van der Waals surface area contributed by atoms with Crippen LogP contribution in [0.2, 0.25) is 0 Å². The van der Waals surface area contributed by atoms with E-state index >= 15 is 0 Å². The summed E-state index contributed by atoms with van der Waals surface area (Å²) >= 11 is 0. The number of carbonyl (C=O) groups is 1. The molecule has 2 N–H and O–H groups in total. The zero-order chi connectivity index (χ0) is 20.4. The standard InChI is InChI=1S/C20H18F3N5O/c21-20(22,23)18-5-4-15(11-24-18)27-17-3-1-2-14-12-28(7-6-16(14)17)19(29)8-13-9-25-26-10-13/h1-5,9-11,27H,6-8,12H2,(H,25,26). The number of benzene rings is 1. The highest BCUT2D eigenvalue weighted by Crippen LogP contribution is 2.31. The molecule has 6 nitrogen and oxygen atoms in total. The van der Waals surface area contributed by atoms with Gasteiger partial charge in [0.2, 0.25) is 5.91 Å². The molecule has 0 unspecified atom stereocenters. The normalized spacial score (nSPS) is 13.8. The van der Waals surface area contributed by atoms with Gasteiger partial charge in [0.05, 0.1) is 24.5 Å². The molecule has 0 atom stereocenters. The van der Waals surface area contributed by atoms with Crippen molar-refractivity contribution in [2.75, 3.05) is 11.9 Å². The van der Waals surface area contributed by atoms with Crippen molar-refractivity contribution in [1.82, 2.24) is 20.1 Å². The molecule has 0 radical (unpaired) electrons. The van der Waals surface area contributed by atoms with Gasteiger partial charge in [0.15, 0.2) is 0 Å². The molecule has 0 fully saturated rings. The Morgan fingerprint density at radius 2 is 2.07 bits per heavy atom. The van der Waals surface area contributed by atoms with Crippen molar-refractivity contribution in [3.8, 4) is 0 Å². The highest BCUT2D eigenvalue weighted by molar-refractivity contribution is 5.79. The van der Waals surface area contributed by atoms with Gasteiger partial charge in [-0.2, -0.15) is 18.3 Å². The van der Waals surface area contributed by atoms with E-state index in [0.717, 1.165) is 28.4 Å². The number of aromatic nitrogens is 3. The van der Waals surface area contributed by atoms with Crippen LogP contribution in [0.4, 0.5) is 24.5 Å². The largest absolute Gasteiger partial charge is 0.433 e. The Kier molecular flexibility index (Phi) is 4.96. The summed E-state index contributed by atoms with van der Waals surface area (Å²) in [5.41, 5.74) is 3.27. The monoisotopic (exact) mass is 401 g/mol. The third kappa shape index (κ3) is 4.23. The van der Waals surface area contributed by atoms with Gasteiger partial charge >= 0.3 is 6.18 Å². The second kappa shape index (κ2) is 7.57. The number of carbonyl (C=O) groups excluding carboxylic acids is 1. The van der Waals surface area contributed by atoms with Crippen LogP contribution in [0.1, 0.15) is 22.4 Å². The summed E-state index contributed by atoms with van der Waals surface area (Å²) in [6, 6.07) is 8.01. The number of nitrogens with zero attached hydrogens (tertiary/aromatic N) is 3. The number of amides is 1. The van der Waals surface area contributed by atoms with E-state index in [-0.39, 0.29) is 5.91 Å². The first kappa shape index (κ1) is 19.0. The van der Waals surface area contributed by atoms with E-state index in [2.05, 4.69) is 20.5 Å². The lowest BCUT2D eigenvalue weighted by molar-refractivity contribution is -0.141. The number of alkyl halides is 3. The second-order valence-electron chi connectivity index (χ2n) is 6.85. The molecule has 2 aromatic heterocycles. The first-order chi connectivity index (χ1) is 13.9. The summed E-state index contributed by atoms with van der Waals surface area (Å²) in [7, 11) is 0. The van der Waals surface area contributed by atoms with Gasteiger partial charge < -0.3 is 10.2 Å². The van der Waals surface area contributed by atoms with Crippen LogP contribution in [0.3, 0.4) is 0 Å². The van der Waals surface area contributed by atoms with E-state index in [1.165, 1.54) is 12.3 Å². The molecular weight excluding hydrogens is 383 g/mol. The molecule has 29 heavy (non-hydrogen) atoms. The summed E-state index contributed by atoms with van der Waals surface area (Å²) < 4.78 is 38.0. The SMILES string of the molecule is O=C(Cc1cn[nH]c1)N1CCc2c(cccc2Nc2ccc(C(F)(F)F)nc2)C1. The third-order valence-corrected chi connectivity index (χ3v) is 4.86. The molecule has 9 heteroatoms. The molecule has 1 amide bonds. The van der Waals surface area contributed by atoms with Crippen LogP contribution in [0.25, 0.3) is 0 Å². The van der Waals surface area contributed by atoms with Crippen molar-refractivity contribution in [2.45, 2.75) is 25.6 Å². The molecule has 1 aromatic carbocycles. The number of hydrogen-bond acceptors (Lipinski definition) is 4.